The SMILES string of the molecule is O=C1NC2(CCN(C(=O)Cc3cccs3)CC2)C[C@H]1c1ccccc1. The number of nitrogens with zero attached hydrogens (tertiary/aromatic N) is 1. The van der Waals surface area contributed by atoms with Crippen molar-refractivity contribution in [2.24, 2.45) is 0 Å². The van der Waals surface area contributed by atoms with Gasteiger partial charge in [0, 0.05) is 23.5 Å². The largest absolute Gasteiger partial charge is 0.350 e. The number of nitrogens with one attached hydrogen (secondary N) is 1. The van der Waals surface area contributed by atoms with E-state index in [0.29, 0.717) is 6.42 Å². The minimum Gasteiger partial charge on any atom is -0.350 e. The van der Waals surface area contributed by atoms with Crippen molar-refractivity contribution in [1.82, 2.24) is 10.2 Å². The van der Waals surface area contributed by atoms with E-state index in [1.807, 2.05) is 52.7 Å². The van der Waals surface area contributed by atoms with Crippen LogP contribution in [0.5, 0.6) is 0 Å². The molecule has 2 aliphatic rings. The van der Waals surface area contributed by atoms with Crippen LogP contribution in [0.2, 0.25) is 0 Å². The van der Waals surface area contributed by atoms with E-state index in [2.05, 4.69) is 5.32 Å². The van der Waals surface area contributed by atoms with E-state index < -0.39 is 0 Å². The predicted octanol–water partition coefficient (Wildman–Crippen LogP) is 2.96. The van der Waals surface area contributed by atoms with Crippen LogP contribution >= 0.6 is 11.3 Å². The molecular formula is C20H22N2O2S. The second-order valence-corrected chi connectivity index (χ2v) is 8.11. The van der Waals surface area contributed by atoms with Crippen LogP contribution in [0.1, 0.15) is 35.6 Å². The van der Waals surface area contributed by atoms with Crippen molar-refractivity contribution < 1.29 is 9.59 Å². The van der Waals surface area contributed by atoms with Gasteiger partial charge in [0.05, 0.1) is 12.3 Å². The predicted molar refractivity (Wildman–Crippen MR) is 98.5 cm³/mol. The van der Waals surface area contributed by atoms with Crippen LogP contribution in [-0.4, -0.2) is 35.3 Å². The molecule has 0 radical (unpaired) electrons. The van der Waals surface area contributed by atoms with Crippen molar-refractivity contribution in [2.45, 2.75) is 37.1 Å². The lowest BCUT2D eigenvalue weighted by Gasteiger charge is -2.39. The molecule has 1 atom stereocenters. The Kier molecular flexibility index (Phi) is 4.34. The highest BCUT2D eigenvalue weighted by atomic mass is 32.1. The van der Waals surface area contributed by atoms with Gasteiger partial charge >= 0.3 is 0 Å². The summed E-state index contributed by atoms with van der Waals surface area (Å²) in [4.78, 5) is 28.0. The minimum absolute atomic E-state index is 0.0606. The Hall–Kier alpha value is -2.14. The average molecular weight is 354 g/mol. The standard InChI is InChI=1S/C20H22N2O2S/c23-18(13-16-7-4-12-25-16)22-10-8-20(9-11-22)14-17(19(24)21-20)15-5-2-1-3-6-15/h1-7,12,17H,8-11,13-14H2,(H,21,24)/t17-/m0/s1. The summed E-state index contributed by atoms with van der Waals surface area (Å²) in [5.74, 6) is 0.264. The zero-order valence-corrected chi connectivity index (χ0v) is 14.9. The number of likely N-dealkylation sites (tertiary alicyclic amines) is 1. The van der Waals surface area contributed by atoms with E-state index in [1.165, 1.54) is 0 Å². The lowest BCUT2D eigenvalue weighted by atomic mass is 9.82. The molecule has 5 heteroatoms. The van der Waals surface area contributed by atoms with Gasteiger partial charge in [0.25, 0.3) is 0 Å². The number of piperidine rings is 1. The highest BCUT2D eigenvalue weighted by molar-refractivity contribution is 7.10. The highest BCUT2D eigenvalue weighted by Gasteiger charge is 2.46. The Morgan fingerprint density at radius 3 is 2.60 bits per heavy atom. The number of hydrogen-bond acceptors (Lipinski definition) is 3. The van der Waals surface area contributed by atoms with Gasteiger partial charge in [-0.25, -0.2) is 0 Å². The fraction of sp³-hybridized carbons (Fsp3) is 0.400. The van der Waals surface area contributed by atoms with Crippen LogP contribution in [0.3, 0.4) is 0 Å². The van der Waals surface area contributed by atoms with Gasteiger partial charge in [-0.1, -0.05) is 36.4 Å². The molecule has 0 saturated carbocycles. The second-order valence-electron chi connectivity index (χ2n) is 7.07. The number of benzene rings is 1. The van der Waals surface area contributed by atoms with E-state index >= 15 is 0 Å². The number of hydrogen-bond donors (Lipinski definition) is 1. The number of carbonyl (C=O) groups is 2. The van der Waals surface area contributed by atoms with Crippen LogP contribution < -0.4 is 5.32 Å². The number of amides is 2. The Morgan fingerprint density at radius 1 is 1.16 bits per heavy atom. The maximum atomic E-state index is 12.5. The molecule has 2 fully saturated rings. The molecule has 2 aliphatic heterocycles. The third-order valence-electron chi connectivity index (χ3n) is 5.48. The first-order valence-corrected chi connectivity index (χ1v) is 9.70. The lowest BCUT2D eigenvalue weighted by molar-refractivity contribution is -0.132. The summed E-state index contributed by atoms with van der Waals surface area (Å²) >= 11 is 1.63. The molecule has 25 heavy (non-hydrogen) atoms. The first-order valence-electron chi connectivity index (χ1n) is 8.82. The molecule has 2 saturated heterocycles. The van der Waals surface area contributed by atoms with Crippen LogP contribution in [0.4, 0.5) is 0 Å². The van der Waals surface area contributed by atoms with Crippen molar-refractivity contribution in [3.05, 3.63) is 58.3 Å². The van der Waals surface area contributed by atoms with Crippen molar-refractivity contribution >= 4 is 23.2 Å². The molecule has 1 aromatic carbocycles. The lowest BCUT2D eigenvalue weighted by Crippen LogP contribution is -2.52. The summed E-state index contributed by atoms with van der Waals surface area (Å²) < 4.78 is 0. The van der Waals surface area contributed by atoms with Crippen LogP contribution in [0, 0.1) is 0 Å². The summed E-state index contributed by atoms with van der Waals surface area (Å²) in [6.07, 6.45) is 3.02. The zero-order chi connectivity index (χ0) is 17.3. The summed E-state index contributed by atoms with van der Waals surface area (Å²) in [6, 6.07) is 14.0. The molecule has 2 amide bonds. The maximum absolute atomic E-state index is 12.5. The highest BCUT2D eigenvalue weighted by Crippen LogP contribution is 2.39. The summed E-state index contributed by atoms with van der Waals surface area (Å²) in [5.41, 5.74) is 0.949. The monoisotopic (exact) mass is 354 g/mol. The second kappa shape index (κ2) is 6.64. The van der Waals surface area contributed by atoms with E-state index in [-0.39, 0.29) is 23.3 Å². The van der Waals surface area contributed by atoms with E-state index in [9.17, 15) is 9.59 Å². The first-order chi connectivity index (χ1) is 12.2. The molecule has 130 valence electrons. The third-order valence-corrected chi connectivity index (χ3v) is 6.36. The minimum atomic E-state index is -0.142. The quantitative estimate of drug-likeness (QED) is 0.921. The first kappa shape index (κ1) is 16.3. The number of carbonyl (C=O) groups excluding carboxylic acids is 2. The van der Waals surface area contributed by atoms with Crippen molar-refractivity contribution in [1.29, 1.82) is 0 Å². The smallest absolute Gasteiger partial charge is 0.228 e. The summed E-state index contributed by atoms with van der Waals surface area (Å²) in [7, 11) is 0. The Labute approximate surface area is 151 Å². The molecule has 0 bridgehead atoms. The summed E-state index contributed by atoms with van der Waals surface area (Å²) in [5, 5.41) is 5.25. The fourth-order valence-electron chi connectivity index (χ4n) is 4.02. The Bertz CT molecular complexity index is 749. The molecule has 4 rings (SSSR count). The zero-order valence-electron chi connectivity index (χ0n) is 14.1. The van der Waals surface area contributed by atoms with Gasteiger partial charge in [-0.15, -0.1) is 11.3 Å². The molecule has 3 heterocycles. The van der Waals surface area contributed by atoms with Gasteiger partial charge < -0.3 is 10.2 Å². The fourth-order valence-corrected chi connectivity index (χ4v) is 4.72. The van der Waals surface area contributed by atoms with Gasteiger partial charge in [-0.3, -0.25) is 9.59 Å². The van der Waals surface area contributed by atoms with Gasteiger partial charge in [0.1, 0.15) is 0 Å². The molecule has 1 aromatic heterocycles. The molecule has 2 aromatic rings. The Morgan fingerprint density at radius 2 is 1.92 bits per heavy atom. The van der Waals surface area contributed by atoms with Crippen LogP contribution in [-0.2, 0) is 16.0 Å². The van der Waals surface area contributed by atoms with Crippen LogP contribution in [0.15, 0.2) is 47.8 Å². The third kappa shape index (κ3) is 3.33. The number of thiophene rings is 1. The van der Waals surface area contributed by atoms with Gasteiger partial charge in [0.15, 0.2) is 0 Å². The Balaban J connectivity index is 1.38. The molecule has 0 unspecified atom stereocenters. The molecule has 1 spiro atoms. The van der Waals surface area contributed by atoms with Crippen molar-refractivity contribution in [3.63, 3.8) is 0 Å². The molecule has 4 nitrogen and oxygen atoms in total. The van der Waals surface area contributed by atoms with Crippen molar-refractivity contribution in [2.75, 3.05) is 13.1 Å². The van der Waals surface area contributed by atoms with Gasteiger partial charge in [-0.05, 0) is 36.3 Å². The van der Waals surface area contributed by atoms with Gasteiger partial charge in [-0.2, -0.15) is 0 Å². The average Bonchev–Trinajstić information content (AvgIpc) is 3.24. The molecule has 0 aliphatic carbocycles. The summed E-state index contributed by atoms with van der Waals surface area (Å²) in [6.45, 7) is 1.46. The van der Waals surface area contributed by atoms with Gasteiger partial charge in [0.2, 0.25) is 11.8 Å². The normalized spacial score (nSPS) is 22.2. The van der Waals surface area contributed by atoms with Crippen molar-refractivity contribution in [3.8, 4) is 0 Å². The number of rotatable bonds is 3. The van der Waals surface area contributed by atoms with E-state index in [1.54, 1.807) is 11.3 Å². The van der Waals surface area contributed by atoms with Crippen LogP contribution in [0.25, 0.3) is 0 Å². The maximum Gasteiger partial charge on any atom is 0.228 e. The van der Waals surface area contributed by atoms with E-state index in [0.717, 1.165) is 42.8 Å². The molecule has 1 N–H and O–H groups in total. The van der Waals surface area contributed by atoms with E-state index in [4.69, 9.17) is 0 Å². The molecular weight excluding hydrogens is 332 g/mol. The topological polar surface area (TPSA) is 49.4 Å².